The highest BCUT2D eigenvalue weighted by molar-refractivity contribution is 14.0. The molecule has 8 nitrogen and oxygen atoms in total. The second-order valence-corrected chi connectivity index (χ2v) is 8.88. The molecule has 3 rings (SSSR count). The van der Waals surface area contributed by atoms with Gasteiger partial charge in [-0.25, -0.2) is 4.99 Å². The highest BCUT2D eigenvalue weighted by Gasteiger charge is 2.28. The predicted molar refractivity (Wildman–Crippen MR) is 130 cm³/mol. The maximum atomic E-state index is 12.5. The van der Waals surface area contributed by atoms with Crippen molar-refractivity contribution in [2.24, 2.45) is 18.0 Å². The van der Waals surface area contributed by atoms with Gasteiger partial charge in [-0.3, -0.25) is 4.79 Å². The van der Waals surface area contributed by atoms with Gasteiger partial charge in [-0.15, -0.1) is 34.2 Å². The van der Waals surface area contributed by atoms with Crippen molar-refractivity contribution in [2.45, 2.75) is 96.8 Å². The van der Waals surface area contributed by atoms with Gasteiger partial charge in [-0.1, -0.05) is 19.3 Å². The lowest BCUT2D eigenvalue weighted by Crippen LogP contribution is -2.49. The number of guanidine groups is 1. The molecule has 2 aliphatic rings. The van der Waals surface area contributed by atoms with Crippen LogP contribution in [0.3, 0.4) is 0 Å². The van der Waals surface area contributed by atoms with Gasteiger partial charge in [0.15, 0.2) is 11.8 Å². The molecule has 1 amide bonds. The minimum Gasteiger partial charge on any atom is -0.354 e. The lowest BCUT2D eigenvalue weighted by molar-refractivity contribution is -0.126. The minimum atomic E-state index is 0. The molecule has 30 heavy (non-hydrogen) atoms. The molecule has 2 unspecified atom stereocenters. The highest BCUT2D eigenvalue weighted by atomic mass is 127. The third-order valence-electron chi connectivity index (χ3n) is 6.07. The number of aryl methyl sites for hydroxylation is 1. The second-order valence-electron chi connectivity index (χ2n) is 8.88. The molecular weight excluding hydrogens is 493 g/mol. The Morgan fingerprint density at radius 3 is 2.40 bits per heavy atom. The summed E-state index contributed by atoms with van der Waals surface area (Å²) in [5.41, 5.74) is 0. The SMILES string of the molecule is Cc1nnc(CN=C(NC2CCCC2)NC2CCCC(C(=O)NC(C)C)C2)n1C.I. The maximum absolute atomic E-state index is 12.5. The molecule has 1 aromatic heterocycles. The van der Waals surface area contributed by atoms with Crippen molar-refractivity contribution >= 4 is 35.8 Å². The maximum Gasteiger partial charge on any atom is 0.223 e. The first-order chi connectivity index (χ1) is 13.9. The Balaban J connectivity index is 0.00000320. The number of halogens is 1. The van der Waals surface area contributed by atoms with Crippen LogP contribution in [-0.4, -0.2) is 44.8 Å². The van der Waals surface area contributed by atoms with Crippen molar-refractivity contribution < 1.29 is 4.79 Å². The number of rotatable bonds is 6. The number of carbonyl (C=O) groups is 1. The van der Waals surface area contributed by atoms with Gasteiger partial charge in [0, 0.05) is 31.1 Å². The minimum absolute atomic E-state index is 0. The van der Waals surface area contributed by atoms with E-state index in [4.69, 9.17) is 4.99 Å². The van der Waals surface area contributed by atoms with E-state index in [1.54, 1.807) is 0 Å². The molecule has 2 saturated carbocycles. The zero-order valence-corrected chi connectivity index (χ0v) is 21.1. The second kappa shape index (κ2) is 11.9. The molecule has 2 fully saturated rings. The van der Waals surface area contributed by atoms with Crippen molar-refractivity contribution in [3.05, 3.63) is 11.6 Å². The Morgan fingerprint density at radius 1 is 1.10 bits per heavy atom. The van der Waals surface area contributed by atoms with E-state index >= 15 is 0 Å². The molecule has 1 heterocycles. The predicted octanol–water partition coefficient (Wildman–Crippen LogP) is 2.80. The Kier molecular flexibility index (Phi) is 9.83. The molecule has 0 aliphatic heterocycles. The third-order valence-corrected chi connectivity index (χ3v) is 6.07. The van der Waals surface area contributed by atoms with E-state index in [1.807, 2.05) is 32.4 Å². The van der Waals surface area contributed by atoms with Crippen LogP contribution in [0.25, 0.3) is 0 Å². The zero-order chi connectivity index (χ0) is 20.8. The van der Waals surface area contributed by atoms with E-state index in [-0.39, 0.29) is 47.9 Å². The first kappa shape index (κ1) is 24.9. The number of nitrogens with zero attached hydrogens (tertiary/aromatic N) is 4. The van der Waals surface area contributed by atoms with Crippen LogP contribution in [0.5, 0.6) is 0 Å². The molecule has 0 bridgehead atoms. The van der Waals surface area contributed by atoms with Crippen molar-refractivity contribution in [1.82, 2.24) is 30.7 Å². The summed E-state index contributed by atoms with van der Waals surface area (Å²) < 4.78 is 1.98. The van der Waals surface area contributed by atoms with Crippen molar-refractivity contribution in [3.8, 4) is 0 Å². The summed E-state index contributed by atoms with van der Waals surface area (Å²) in [5, 5.41) is 18.7. The van der Waals surface area contributed by atoms with E-state index in [0.717, 1.165) is 43.3 Å². The van der Waals surface area contributed by atoms with E-state index in [9.17, 15) is 4.79 Å². The van der Waals surface area contributed by atoms with E-state index in [1.165, 1.54) is 25.7 Å². The third kappa shape index (κ3) is 7.09. The van der Waals surface area contributed by atoms with Gasteiger partial charge in [0.1, 0.15) is 12.4 Å². The van der Waals surface area contributed by atoms with Crippen molar-refractivity contribution in [1.29, 1.82) is 0 Å². The van der Waals surface area contributed by atoms with Crippen LogP contribution >= 0.6 is 24.0 Å². The highest BCUT2D eigenvalue weighted by Crippen LogP contribution is 2.25. The summed E-state index contributed by atoms with van der Waals surface area (Å²) in [5.74, 6) is 2.85. The van der Waals surface area contributed by atoms with Gasteiger partial charge in [0.25, 0.3) is 0 Å². The number of aromatic nitrogens is 3. The Morgan fingerprint density at radius 2 is 1.77 bits per heavy atom. The number of carbonyl (C=O) groups excluding carboxylic acids is 1. The molecule has 0 radical (unpaired) electrons. The summed E-state index contributed by atoms with van der Waals surface area (Å²) in [6.07, 6.45) is 8.88. The van der Waals surface area contributed by atoms with E-state index < -0.39 is 0 Å². The van der Waals surface area contributed by atoms with Gasteiger partial charge >= 0.3 is 0 Å². The molecule has 2 aliphatic carbocycles. The van der Waals surface area contributed by atoms with Gasteiger partial charge < -0.3 is 20.5 Å². The fraction of sp³-hybridized carbons (Fsp3) is 0.810. The van der Waals surface area contributed by atoms with Crippen LogP contribution < -0.4 is 16.0 Å². The summed E-state index contributed by atoms with van der Waals surface area (Å²) in [4.78, 5) is 17.3. The number of hydrogen-bond acceptors (Lipinski definition) is 4. The molecule has 1 aromatic rings. The van der Waals surface area contributed by atoms with Gasteiger partial charge in [-0.2, -0.15) is 0 Å². The Labute approximate surface area is 197 Å². The first-order valence-corrected chi connectivity index (χ1v) is 11.1. The van der Waals surface area contributed by atoms with Gasteiger partial charge in [0.05, 0.1) is 0 Å². The lowest BCUT2D eigenvalue weighted by Gasteiger charge is -2.31. The standard InChI is InChI=1S/C21H37N7O.HI/c1-14(2)23-20(29)16-8-7-11-18(12-16)25-21(24-17-9-5-6-10-17)22-13-19-27-26-15(3)28(19)4;/h14,16-18H,5-13H2,1-4H3,(H,23,29)(H2,22,24,25);1H. The summed E-state index contributed by atoms with van der Waals surface area (Å²) in [7, 11) is 1.97. The molecule has 0 aromatic carbocycles. The summed E-state index contributed by atoms with van der Waals surface area (Å²) in [6, 6.07) is 0.929. The largest absolute Gasteiger partial charge is 0.354 e. The van der Waals surface area contributed by atoms with Gasteiger partial charge in [-0.05, 0) is 52.9 Å². The van der Waals surface area contributed by atoms with E-state index in [0.29, 0.717) is 12.6 Å². The molecule has 170 valence electrons. The van der Waals surface area contributed by atoms with Crippen LogP contribution in [0.2, 0.25) is 0 Å². The monoisotopic (exact) mass is 531 g/mol. The van der Waals surface area contributed by atoms with Crippen LogP contribution in [0.15, 0.2) is 4.99 Å². The van der Waals surface area contributed by atoms with Crippen LogP contribution in [0, 0.1) is 12.8 Å². The van der Waals surface area contributed by atoms with Crippen LogP contribution in [0.1, 0.15) is 76.9 Å². The normalized spacial score (nSPS) is 22.6. The molecule has 0 spiro atoms. The summed E-state index contributed by atoms with van der Waals surface area (Å²) in [6.45, 7) is 6.46. The molecule has 9 heteroatoms. The molecular formula is C21H38IN7O. The number of amides is 1. The quantitative estimate of drug-likeness (QED) is 0.298. The average molecular weight is 531 g/mol. The Hall–Kier alpha value is -1.39. The lowest BCUT2D eigenvalue weighted by atomic mass is 9.85. The molecule has 0 saturated heterocycles. The number of hydrogen-bond donors (Lipinski definition) is 3. The molecule has 2 atom stereocenters. The van der Waals surface area contributed by atoms with Crippen molar-refractivity contribution in [3.63, 3.8) is 0 Å². The van der Waals surface area contributed by atoms with E-state index in [2.05, 4.69) is 26.1 Å². The smallest absolute Gasteiger partial charge is 0.223 e. The van der Waals surface area contributed by atoms with Crippen LogP contribution in [0.4, 0.5) is 0 Å². The van der Waals surface area contributed by atoms with Crippen molar-refractivity contribution in [2.75, 3.05) is 0 Å². The summed E-state index contributed by atoms with van der Waals surface area (Å²) >= 11 is 0. The number of nitrogens with one attached hydrogen (secondary N) is 3. The molecule has 3 N–H and O–H groups in total. The average Bonchev–Trinajstić information content (AvgIpc) is 3.30. The topological polar surface area (TPSA) is 96.2 Å². The van der Waals surface area contributed by atoms with Gasteiger partial charge in [0.2, 0.25) is 5.91 Å². The van der Waals surface area contributed by atoms with Crippen LogP contribution in [-0.2, 0) is 18.4 Å². The first-order valence-electron chi connectivity index (χ1n) is 11.1. The Bertz CT molecular complexity index is 712. The number of aliphatic imine (C=N–C) groups is 1. The fourth-order valence-corrected chi connectivity index (χ4v) is 4.29. The fourth-order valence-electron chi connectivity index (χ4n) is 4.29. The zero-order valence-electron chi connectivity index (χ0n) is 18.8.